The first-order chi connectivity index (χ1) is 11.7. The molecular formula is C21H25NO3. The zero-order valence-electron chi connectivity index (χ0n) is 15.4. The van der Waals surface area contributed by atoms with Crippen molar-refractivity contribution in [3.05, 3.63) is 65.2 Å². The van der Waals surface area contributed by atoms with Gasteiger partial charge in [-0.2, -0.15) is 0 Å². The van der Waals surface area contributed by atoms with Gasteiger partial charge in [0.2, 0.25) is 0 Å². The van der Waals surface area contributed by atoms with Crippen molar-refractivity contribution in [1.82, 2.24) is 0 Å². The highest BCUT2D eigenvalue weighted by molar-refractivity contribution is 5.97. The Kier molecular flexibility index (Phi) is 5.62. The van der Waals surface area contributed by atoms with Crippen LogP contribution in [0.5, 0.6) is 0 Å². The summed E-state index contributed by atoms with van der Waals surface area (Å²) in [5, 5.41) is 2.75. The maximum Gasteiger partial charge on any atom is 0.338 e. The number of hydrogen-bond acceptors (Lipinski definition) is 3. The van der Waals surface area contributed by atoms with Crippen molar-refractivity contribution < 1.29 is 14.3 Å². The van der Waals surface area contributed by atoms with E-state index in [1.54, 1.807) is 25.1 Å². The van der Waals surface area contributed by atoms with E-state index in [0.29, 0.717) is 11.3 Å². The second-order valence-corrected chi connectivity index (χ2v) is 7.23. The maximum atomic E-state index is 12.2. The van der Waals surface area contributed by atoms with Gasteiger partial charge in [-0.1, -0.05) is 45.0 Å². The van der Waals surface area contributed by atoms with Crippen LogP contribution in [-0.4, -0.2) is 18.0 Å². The molecule has 0 fully saturated rings. The first-order valence-corrected chi connectivity index (χ1v) is 8.36. The minimum atomic E-state index is -0.879. The van der Waals surface area contributed by atoms with Crippen molar-refractivity contribution in [2.45, 2.75) is 46.1 Å². The maximum absolute atomic E-state index is 12.2. The van der Waals surface area contributed by atoms with Gasteiger partial charge in [-0.15, -0.1) is 0 Å². The van der Waals surface area contributed by atoms with Crippen LogP contribution in [0.1, 0.15) is 49.2 Å². The SMILES string of the molecule is Cc1cccc(NC(=O)[C@H](C)OC(=O)c2ccc(C(C)(C)C)cc2)c1. The van der Waals surface area contributed by atoms with Crippen LogP contribution in [0.15, 0.2) is 48.5 Å². The Morgan fingerprint density at radius 2 is 1.68 bits per heavy atom. The lowest BCUT2D eigenvalue weighted by atomic mass is 9.87. The van der Waals surface area contributed by atoms with E-state index < -0.39 is 12.1 Å². The first-order valence-electron chi connectivity index (χ1n) is 8.36. The molecule has 0 unspecified atom stereocenters. The van der Waals surface area contributed by atoms with Gasteiger partial charge in [0, 0.05) is 5.69 Å². The fraction of sp³-hybridized carbons (Fsp3) is 0.333. The van der Waals surface area contributed by atoms with Crippen LogP contribution in [0, 0.1) is 6.92 Å². The summed E-state index contributed by atoms with van der Waals surface area (Å²) in [5.41, 5.74) is 3.31. The fourth-order valence-corrected chi connectivity index (χ4v) is 2.36. The molecule has 25 heavy (non-hydrogen) atoms. The smallest absolute Gasteiger partial charge is 0.338 e. The van der Waals surface area contributed by atoms with E-state index in [2.05, 4.69) is 26.1 Å². The van der Waals surface area contributed by atoms with E-state index >= 15 is 0 Å². The molecule has 0 heterocycles. The number of carbonyl (C=O) groups is 2. The molecule has 2 aromatic carbocycles. The lowest BCUT2D eigenvalue weighted by Gasteiger charge is -2.19. The number of aryl methyl sites for hydroxylation is 1. The van der Waals surface area contributed by atoms with Crippen molar-refractivity contribution in [2.24, 2.45) is 0 Å². The predicted octanol–water partition coefficient (Wildman–Crippen LogP) is 4.48. The lowest BCUT2D eigenvalue weighted by Crippen LogP contribution is -2.30. The summed E-state index contributed by atoms with van der Waals surface area (Å²) in [5.74, 6) is -0.863. The molecule has 2 rings (SSSR count). The lowest BCUT2D eigenvalue weighted by molar-refractivity contribution is -0.123. The Balaban J connectivity index is 1.98. The Labute approximate surface area is 149 Å². The number of hydrogen-bond donors (Lipinski definition) is 1. The van der Waals surface area contributed by atoms with Crippen LogP contribution in [0.4, 0.5) is 5.69 Å². The predicted molar refractivity (Wildman–Crippen MR) is 99.8 cm³/mol. The monoisotopic (exact) mass is 339 g/mol. The summed E-state index contributed by atoms with van der Waals surface area (Å²) in [4.78, 5) is 24.4. The molecule has 0 saturated heterocycles. The number of anilines is 1. The van der Waals surface area contributed by atoms with Crippen molar-refractivity contribution in [3.8, 4) is 0 Å². The fourth-order valence-electron chi connectivity index (χ4n) is 2.36. The topological polar surface area (TPSA) is 55.4 Å². The van der Waals surface area contributed by atoms with Gasteiger partial charge < -0.3 is 10.1 Å². The number of benzene rings is 2. The molecule has 0 spiro atoms. The summed E-state index contributed by atoms with van der Waals surface area (Å²) in [7, 11) is 0. The molecule has 0 aliphatic heterocycles. The van der Waals surface area contributed by atoms with E-state index in [-0.39, 0.29) is 11.3 Å². The van der Waals surface area contributed by atoms with Crippen molar-refractivity contribution in [2.75, 3.05) is 5.32 Å². The zero-order valence-corrected chi connectivity index (χ0v) is 15.4. The van der Waals surface area contributed by atoms with Gasteiger partial charge in [0.15, 0.2) is 6.10 Å². The molecule has 2 aromatic rings. The van der Waals surface area contributed by atoms with Crippen molar-refractivity contribution >= 4 is 17.6 Å². The second kappa shape index (κ2) is 7.51. The largest absolute Gasteiger partial charge is 0.449 e. The number of esters is 1. The minimum absolute atomic E-state index is 0.0173. The van der Waals surface area contributed by atoms with Crippen LogP contribution < -0.4 is 5.32 Å². The number of nitrogens with one attached hydrogen (secondary N) is 1. The molecule has 0 aromatic heterocycles. The molecule has 0 aliphatic carbocycles. The Hall–Kier alpha value is -2.62. The van der Waals surface area contributed by atoms with Crippen LogP contribution in [0.3, 0.4) is 0 Å². The Morgan fingerprint density at radius 1 is 1.04 bits per heavy atom. The standard InChI is InChI=1S/C21H25NO3/c1-14-7-6-8-18(13-14)22-19(23)15(2)25-20(24)16-9-11-17(12-10-16)21(3,4)5/h6-13,15H,1-5H3,(H,22,23)/t15-/m0/s1. The molecule has 132 valence electrons. The molecular weight excluding hydrogens is 314 g/mol. The first kappa shape index (κ1) is 18.7. The van der Waals surface area contributed by atoms with E-state index in [9.17, 15) is 9.59 Å². The van der Waals surface area contributed by atoms with Gasteiger partial charge in [0.1, 0.15) is 0 Å². The van der Waals surface area contributed by atoms with Crippen molar-refractivity contribution in [3.63, 3.8) is 0 Å². The summed E-state index contributed by atoms with van der Waals surface area (Å²) < 4.78 is 5.28. The van der Waals surface area contributed by atoms with E-state index in [0.717, 1.165) is 11.1 Å². The molecule has 1 amide bonds. The van der Waals surface area contributed by atoms with Crippen LogP contribution in [-0.2, 0) is 14.9 Å². The van der Waals surface area contributed by atoms with Crippen LogP contribution in [0.25, 0.3) is 0 Å². The van der Waals surface area contributed by atoms with Gasteiger partial charge in [0.25, 0.3) is 5.91 Å². The summed E-state index contributed by atoms with van der Waals surface area (Å²) >= 11 is 0. The normalized spacial score (nSPS) is 12.4. The number of carbonyl (C=O) groups excluding carboxylic acids is 2. The second-order valence-electron chi connectivity index (χ2n) is 7.23. The molecule has 1 N–H and O–H groups in total. The van der Waals surface area contributed by atoms with Crippen LogP contribution >= 0.6 is 0 Å². The molecule has 0 saturated carbocycles. The molecule has 4 nitrogen and oxygen atoms in total. The average molecular weight is 339 g/mol. The Bertz CT molecular complexity index is 757. The third kappa shape index (κ3) is 5.18. The highest BCUT2D eigenvalue weighted by Crippen LogP contribution is 2.22. The van der Waals surface area contributed by atoms with Gasteiger partial charge >= 0.3 is 5.97 Å². The van der Waals surface area contributed by atoms with Gasteiger partial charge in [-0.05, 0) is 54.7 Å². The molecule has 0 radical (unpaired) electrons. The third-order valence-corrected chi connectivity index (χ3v) is 3.93. The summed E-state index contributed by atoms with van der Waals surface area (Å²) in [6.45, 7) is 9.83. The average Bonchev–Trinajstić information content (AvgIpc) is 2.54. The van der Waals surface area contributed by atoms with E-state index in [1.165, 1.54) is 0 Å². The summed E-state index contributed by atoms with van der Waals surface area (Å²) in [6, 6.07) is 14.7. The quantitative estimate of drug-likeness (QED) is 0.836. The molecule has 4 heteroatoms. The minimum Gasteiger partial charge on any atom is -0.449 e. The number of ether oxygens (including phenoxy) is 1. The highest BCUT2D eigenvalue weighted by Gasteiger charge is 2.20. The molecule has 0 bridgehead atoms. The molecule has 0 aliphatic rings. The summed E-state index contributed by atoms with van der Waals surface area (Å²) in [6.07, 6.45) is -0.879. The van der Waals surface area contributed by atoms with Crippen LogP contribution in [0.2, 0.25) is 0 Å². The zero-order chi connectivity index (χ0) is 18.6. The third-order valence-electron chi connectivity index (χ3n) is 3.93. The van der Waals surface area contributed by atoms with E-state index in [4.69, 9.17) is 4.74 Å². The van der Waals surface area contributed by atoms with Crippen molar-refractivity contribution in [1.29, 1.82) is 0 Å². The molecule has 1 atom stereocenters. The highest BCUT2D eigenvalue weighted by atomic mass is 16.5. The van der Waals surface area contributed by atoms with Gasteiger partial charge in [-0.25, -0.2) is 4.79 Å². The Morgan fingerprint density at radius 3 is 2.24 bits per heavy atom. The number of rotatable bonds is 4. The van der Waals surface area contributed by atoms with Gasteiger partial charge in [0.05, 0.1) is 5.56 Å². The van der Waals surface area contributed by atoms with E-state index in [1.807, 2.05) is 37.3 Å². The number of amides is 1. The van der Waals surface area contributed by atoms with Gasteiger partial charge in [-0.3, -0.25) is 4.79 Å².